The van der Waals surface area contributed by atoms with E-state index in [4.69, 9.17) is 23.1 Å². The fraction of sp³-hybridized carbons (Fsp3) is 0.500. The Morgan fingerprint density at radius 2 is 2.32 bits per heavy atom. The van der Waals surface area contributed by atoms with Crippen LogP contribution in [-0.4, -0.2) is 30.4 Å². The summed E-state index contributed by atoms with van der Waals surface area (Å²) in [4.78, 5) is 13.7. The molecule has 4 N–H and O–H groups in total. The summed E-state index contributed by atoms with van der Waals surface area (Å²) in [7, 11) is 0. The van der Waals surface area contributed by atoms with Crippen LogP contribution in [0.5, 0.6) is 0 Å². The van der Waals surface area contributed by atoms with Crippen LogP contribution in [0.2, 0.25) is 5.02 Å². The van der Waals surface area contributed by atoms with E-state index in [0.29, 0.717) is 18.1 Å². The van der Waals surface area contributed by atoms with Crippen LogP contribution in [0.25, 0.3) is 0 Å². The number of carbonyl (C=O) groups excluding carboxylic acids is 1. The first kappa shape index (κ1) is 14.3. The van der Waals surface area contributed by atoms with Gasteiger partial charge in [0.1, 0.15) is 0 Å². The summed E-state index contributed by atoms with van der Waals surface area (Å²) in [6.07, 6.45) is 0.777. The molecule has 1 aliphatic rings. The van der Waals surface area contributed by atoms with Gasteiger partial charge in [0.05, 0.1) is 5.41 Å². The van der Waals surface area contributed by atoms with E-state index < -0.39 is 5.41 Å². The zero-order chi connectivity index (χ0) is 14.0. The lowest BCUT2D eigenvalue weighted by Crippen LogP contribution is -2.39. The van der Waals surface area contributed by atoms with Gasteiger partial charge in [-0.2, -0.15) is 0 Å². The smallest absolute Gasteiger partial charge is 0.224 e. The van der Waals surface area contributed by atoms with Crippen LogP contribution in [0.4, 0.5) is 0 Å². The van der Waals surface area contributed by atoms with Crippen molar-refractivity contribution < 1.29 is 4.79 Å². The summed E-state index contributed by atoms with van der Waals surface area (Å²) in [6, 6.07) is 7.79. The van der Waals surface area contributed by atoms with Crippen molar-refractivity contribution in [1.29, 1.82) is 0 Å². The number of likely N-dealkylation sites (tertiary alicyclic amines) is 1. The van der Waals surface area contributed by atoms with E-state index in [-0.39, 0.29) is 11.9 Å². The van der Waals surface area contributed by atoms with E-state index in [9.17, 15) is 4.79 Å². The van der Waals surface area contributed by atoms with Crippen molar-refractivity contribution in [1.82, 2.24) is 4.90 Å². The highest BCUT2D eigenvalue weighted by molar-refractivity contribution is 6.30. The summed E-state index contributed by atoms with van der Waals surface area (Å²) < 4.78 is 0. The topological polar surface area (TPSA) is 72.4 Å². The predicted octanol–water partition coefficient (Wildman–Crippen LogP) is 1.54. The second-order valence-electron chi connectivity index (χ2n) is 5.45. The van der Waals surface area contributed by atoms with Crippen LogP contribution < -0.4 is 11.5 Å². The highest BCUT2D eigenvalue weighted by Crippen LogP contribution is 2.35. The average Bonchev–Trinajstić information content (AvgIpc) is 2.74. The minimum absolute atomic E-state index is 0.0832. The zero-order valence-corrected chi connectivity index (χ0v) is 11.9. The van der Waals surface area contributed by atoms with Crippen molar-refractivity contribution in [3.05, 3.63) is 34.9 Å². The Morgan fingerprint density at radius 3 is 2.84 bits per heavy atom. The van der Waals surface area contributed by atoms with Gasteiger partial charge < -0.3 is 11.5 Å². The van der Waals surface area contributed by atoms with Gasteiger partial charge in [-0.25, -0.2) is 0 Å². The van der Waals surface area contributed by atoms with Gasteiger partial charge in [-0.15, -0.1) is 0 Å². The molecule has 5 heteroatoms. The lowest BCUT2D eigenvalue weighted by molar-refractivity contribution is -0.126. The number of carbonyl (C=O) groups is 1. The molecule has 2 unspecified atom stereocenters. The lowest BCUT2D eigenvalue weighted by atomic mass is 9.89. The molecular weight excluding hydrogens is 262 g/mol. The molecule has 1 fully saturated rings. The molecule has 0 aliphatic carbocycles. The minimum Gasteiger partial charge on any atom is -0.369 e. The van der Waals surface area contributed by atoms with Gasteiger partial charge in [0.2, 0.25) is 5.91 Å². The fourth-order valence-electron chi connectivity index (χ4n) is 2.67. The summed E-state index contributed by atoms with van der Waals surface area (Å²) in [5, 5.41) is 0.702. The quantitative estimate of drug-likeness (QED) is 0.879. The number of halogens is 1. The number of nitrogens with zero attached hydrogens (tertiary/aromatic N) is 1. The molecule has 2 rings (SSSR count). The molecule has 19 heavy (non-hydrogen) atoms. The Balaban J connectivity index is 2.18. The number of primary amides is 1. The van der Waals surface area contributed by atoms with Crippen molar-refractivity contribution >= 4 is 17.5 Å². The van der Waals surface area contributed by atoms with Gasteiger partial charge >= 0.3 is 0 Å². The maximum Gasteiger partial charge on any atom is 0.224 e. The Kier molecular flexibility index (Phi) is 4.13. The Morgan fingerprint density at radius 1 is 1.58 bits per heavy atom. The maximum absolute atomic E-state index is 11.5. The Labute approximate surface area is 118 Å². The van der Waals surface area contributed by atoms with Crippen molar-refractivity contribution in [3.63, 3.8) is 0 Å². The second kappa shape index (κ2) is 5.49. The first-order chi connectivity index (χ1) is 8.96. The molecule has 0 saturated carbocycles. The molecule has 2 atom stereocenters. The normalized spacial score (nSPS) is 25.4. The number of amides is 1. The number of benzene rings is 1. The molecule has 0 bridgehead atoms. The van der Waals surface area contributed by atoms with E-state index in [1.807, 2.05) is 31.2 Å². The predicted molar refractivity (Wildman–Crippen MR) is 76.7 cm³/mol. The van der Waals surface area contributed by atoms with Crippen molar-refractivity contribution in [2.45, 2.75) is 19.4 Å². The second-order valence-corrected chi connectivity index (χ2v) is 5.89. The number of rotatable bonds is 4. The van der Waals surface area contributed by atoms with Crippen molar-refractivity contribution in [2.75, 3.05) is 19.6 Å². The molecule has 4 nitrogen and oxygen atoms in total. The third kappa shape index (κ3) is 2.91. The van der Waals surface area contributed by atoms with E-state index in [1.165, 1.54) is 0 Å². The van der Waals surface area contributed by atoms with Crippen LogP contribution >= 0.6 is 11.6 Å². The van der Waals surface area contributed by atoms with Gasteiger partial charge in [-0.05, 0) is 37.6 Å². The Hall–Kier alpha value is -1.10. The molecule has 104 valence electrons. The molecule has 1 amide bonds. The minimum atomic E-state index is -0.452. The molecule has 1 aromatic rings. The molecule has 1 aliphatic heterocycles. The van der Waals surface area contributed by atoms with Crippen molar-refractivity contribution in [2.24, 2.45) is 16.9 Å². The van der Waals surface area contributed by atoms with Crippen LogP contribution in [0.15, 0.2) is 24.3 Å². The largest absolute Gasteiger partial charge is 0.369 e. The third-order valence-electron chi connectivity index (χ3n) is 4.00. The molecule has 1 saturated heterocycles. The van der Waals surface area contributed by atoms with E-state index >= 15 is 0 Å². The standard InChI is InChI=1S/C14H20ClN3O/c1-14(13(17)19)5-6-18(9-14)12(8-16)10-3-2-4-11(15)7-10/h2-4,7,12H,5-6,8-9,16H2,1H3,(H2,17,19). The van der Waals surface area contributed by atoms with Gasteiger partial charge in [0.25, 0.3) is 0 Å². The van der Waals surface area contributed by atoms with Gasteiger partial charge in [-0.1, -0.05) is 23.7 Å². The van der Waals surface area contributed by atoms with Gasteiger partial charge in [0.15, 0.2) is 0 Å². The van der Waals surface area contributed by atoms with Gasteiger partial charge in [-0.3, -0.25) is 9.69 Å². The Bertz CT molecular complexity index is 480. The van der Waals surface area contributed by atoms with Crippen LogP contribution in [0.1, 0.15) is 24.9 Å². The maximum atomic E-state index is 11.5. The van der Waals surface area contributed by atoms with Crippen LogP contribution in [0.3, 0.4) is 0 Å². The number of hydrogen-bond acceptors (Lipinski definition) is 3. The van der Waals surface area contributed by atoms with Crippen LogP contribution in [-0.2, 0) is 4.79 Å². The van der Waals surface area contributed by atoms with Gasteiger partial charge in [0, 0.05) is 24.2 Å². The molecule has 0 spiro atoms. The zero-order valence-electron chi connectivity index (χ0n) is 11.1. The molecule has 1 aromatic carbocycles. The average molecular weight is 282 g/mol. The SMILES string of the molecule is CC1(C(N)=O)CCN(C(CN)c2cccc(Cl)c2)C1. The first-order valence-corrected chi connectivity index (χ1v) is 6.83. The number of nitrogens with two attached hydrogens (primary N) is 2. The highest BCUT2D eigenvalue weighted by Gasteiger charge is 2.41. The highest BCUT2D eigenvalue weighted by atomic mass is 35.5. The monoisotopic (exact) mass is 281 g/mol. The lowest BCUT2D eigenvalue weighted by Gasteiger charge is -2.28. The summed E-state index contributed by atoms with van der Waals surface area (Å²) in [5.74, 6) is -0.239. The number of hydrogen-bond donors (Lipinski definition) is 2. The van der Waals surface area contributed by atoms with E-state index in [2.05, 4.69) is 4.90 Å². The molecule has 1 heterocycles. The molecule has 0 aromatic heterocycles. The van der Waals surface area contributed by atoms with Crippen molar-refractivity contribution in [3.8, 4) is 0 Å². The van der Waals surface area contributed by atoms with E-state index in [0.717, 1.165) is 18.5 Å². The first-order valence-electron chi connectivity index (χ1n) is 6.46. The third-order valence-corrected chi connectivity index (χ3v) is 4.23. The summed E-state index contributed by atoms with van der Waals surface area (Å²) in [6.45, 7) is 3.89. The fourth-order valence-corrected chi connectivity index (χ4v) is 2.87. The van der Waals surface area contributed by atoms with Crippen LogP contribution in [0, 0.1) is 5.41 Å². The molecular formula is C14H20ClN3O. The summed E-state index contributed by atoms with van der Waals surface area (Å²) >= 11 is 6.03. The van der Waals surface area contributed by atoms with E-state index in [1.54, 1.807) is 0 Å². The molecule has 0 radical (unpaired) electrons. The summed E-state index contributed by atoms with van der Waals surface area (Å²) in [5.41, 5.74) is 12.0.